The lowest BCUT2D eigenvalue weighted by atomic mass is 9.92. The maximum absolute atomic E-state index is 14.1. The Kier molecular flexibility index (Phi) is 10.6. The topological polar surface area (TPSA) is 195 Å². The van der Waals surface area contributed by atoms with Crippen molar-refractivity contribution in [1.29, 1.82) is 0 Å². The summed E-state index contributed by atoms with van der Waals surface area (Å²) in [4.78, 5) is 72.3. The van der Waals surface area contributed by atoms with E-state index in [2.05, 4.69) is 57.9 Å². The summed E-state index contributed by atoms with van der Waals surface area (Å²) >= 11 is 0. The second-order valence-corrected chi connectivity index (χ2v) is 17.2. The molecule has 0 saturated carbocycles. The molecule has 2 aromatic heterocycles. The van der Waals surface area contributed by atoms with Crippen LogP contribution in [0.1, 0.15) is 87.9 Å². The van der Waals surface area contributed by atoms with Crippen LogP contribution < -0.4 is 15.4 Å². The van der Waals surface area contributed by atoms with Gasteiger partial charge in [0.15, 0.2) is 0 Å². The molecule has 0 unspecified atom stereocenters. The van der Waals surface area contributed by atoms with Crippen LogP contribution in [0.25, 0.3) is 44.2 Å². The fourth-order valence-electron chi connectivity index (χ4n) is 9.54. The number of alkyl carbamates (subject to hydrolysis) is 1. The Hall–Kier alpha value is -6.90. The number of carbonyl (C=O) groups is 4. The Morgan fingerprint density at radius 2 is 1.71 bits per heavy atom. The minimum Gasteiger partial charge on any atom is -0.488 e. The van der Waals surface area contributed by atoms with Crippen molar-refractivity contribution < 1.29 is 33.8 Å². The number of hydrogen-bond acceptors (Lipinski definition) is 8. The fraction of sp³-hybridized carbons (Fsp3) is 0.362. The quantitative estimate of drug-likeness (QED) is 0.0959. The van der Waals surface area contributed by atoms with E-state index in [1.807, 2.05) is 63.2 Å². The maximum Gasteiger partial charge on any atom is 0.407 e. The molecule has 320 valence electrons. The summed E-state index contributed by atoms with van der Waals surface area (Å²) in [6, 6.07) is 21.2. The van der Waals surface area contributed by atoms with Gasteiger partial charge in [-0.15, -0.1) is 0 Å². The van der Waals surface area contributed by atoms with Crippen LogP contribution >= 0.6 is 0 Å². The van der Waals surface area contributed by atoms with Crippen LogP contribution in [-0.4, -0.2) is 84.6 Å². The SMILES string of the molecule is COC(=O)N[C@@H](C(=O)N1C[C@@H](C)C[C@H]1c1ncc(-c2ccc3c(c2)COc2cc4c(ccc5[nH]c([C@@H]6CC[C@H](C)N6C(=O)[C@@H](NC(=O)O)C(C)C)nc54)cc2-3)[nH]1)c1ccccc1. The molecule has 2 fully saturated rings. The number of nitrogens with one attached hydrogen (secondary N) is 4. The number of nitrogens with zero attached hydrogens (tertiary/aromatic N) is 4. The Morgan fingerprint density at radius 1 is 0.903 bits per heavy atom. The third-order valence-corrected chi connectivity index (χ3v) is 12.7. The predicted molar refractivity (Wildman–Crippen MR) is 232 cm³/mol. The maximum atomic E-state index is 14.1. The summed E-state index contributed by atoms with van der Waals surface area (Å²) in [5.41, 5.74) is 7.11. The normalized spacial score (nSPS) is 20.4. The van der Waals surface area contributed by atoms with E-state index in [-0.39, 0.29) is 41.8 Å². The van der Waals surface area contributed by atoms with E-state index < -0.39 is 24.3 Å². The molecule has 0 aliphatic carbocycles. The largest absolute Gasteiger partial charge is 0.488 e. The predicted octanol–water partition coefficient (Wildman–Crippen LogP) is 8.02. The number of rotatable bonds is 9. The summed E-state index contributed by atoms with van der Waals surface area (Å²) in [6.45, 7) is 8.66. The first-order valence-electron chi connectivity index (χ1n) is 21.2. The lowest BCUT2D eigenvalue weighted by Gasteiger charge is -2.32. The van der Waals surface area contributed by atoms with Gasteiger partial charge in [-0.1, -0.05) is 69.3 Å². The zero-order valence-corrected chi connectivity index (χ0v) is 35.3. The summed E-state index contributed by atoms with van der Waals surface area (Å²) < 4.78 is 11.3. The number of fused-ring (bicyclic) bond motifs is 6. The standard InChI is InChI=1S/C47H50N8O7/c1-24(2)39(52-46(58)59)45(57)55-26(4)11-16-36(55)43-49-34-15-13-28-19-33-31-14-12-29(18-30(31)23-62-38(33)20-32(28)41(34)51-43)35-21-48-42(50-35)37-17-25(3)22-54(37)44(56)40(53-47(60)61-5)27-9-7-6-8-10-27/h6-10,12-15,18-21,24-26,36-37,39-40,52H,11,16-17,22-23H2,1-5H3,(H,48,50)(H,49,51)(H,53,60)(H,58,59)/t25-,26-,36-,37-,39-,40+/m0/s1. The molecule has 6 atom stereocenters. The van der Waals surface area contributed by atoms with Crippen LogP contribution in [0, 0.1) is 11.8 Å². The fourth-order valence-corrected chi connectivity index (χ4v) is 9.54. The molecule has 6 aromatic rings. The van der Waals surface area contributed by atoms with Gasteiger partial charge in [0, 0.05) is 23.5 Å². The molecule has 0 radical (unpaired) electrons. The number of carbonyl (C=O) groups excluding carboxylic acids is 3. The van der Waals surface area contributed by atoms with Crippen molar-refractivity contribution in [2.75, 3.05) is 13.7 Å². The number of ether oxygens (including phenoxy) is 2. The molecule has 5 N–H and O–H groups in total. The highest BCUT2D eigenvalue weighted by atomic mass is 16.5. The minimum atomic E-state index is -1.22. The minimum absolute atomic E-state index is 0.0702. The van der Waals surface area contributed by atoms with E-state index in [1.54, 1.807) is 16.0 Å². The molecule has 9 rings (SSSR count). The third-order valence-electron chi connectivity index (χ3n) is 12.7. The van der Waals surface area contributed by atoms with Crippen molar-refractivity contribution >= 4 is 45.8 Å². The molecule has 4 amide bonds. The highest BCUT2D eigenvalue weighted by molar-refractivity contribution is 6.07. The number of hydrogen-bond donors (Lipinski definition) is 5. The second-order valence-electron chi connectivity index (χ2n) is 17.2. The molecule has 15 nitrogen and oxygen atoms in total. The van der Waals surface area contributed by atoms with E-state index in [1.165, 1.54) is 7.11 Å². The van der Waals surface area contributed by atoms with E-state index in [0.717, 1.165) is 68.3 Å². The van der Waals surface area contributed by atoms with Gasteiger partial charge in [0.05, 0.1) is 42.1 Å². The van der Waals surface area contributed by atoms with Crippen molar-refractivity contribution in [3.05, 3.63) is 102 Å². The monoisotopic (exact) mass is 838 g/mol. The van der Waals surface area contributed by atoms with Gasteiger partial charge < -0.3 is 45.0 Å². The van der Waals surface area contributed by atoms with Gasteiger partial charge in [0.2, 0.25) is 5.91 Å². The number of aromatic nitrogens is 4. The first-order valence-corrected chi connectivity index (χ1v) is 21.2. The van der Waals surface area contributed by atoms with E-state index >= 15 is 0 Å². The first-order chi connectivity index (χ1) is 29.9. The zero-order chi connectivity index (χ0) is 43.4. The molecule has 15 heteroatoms. The van der Waals surface area contributed by atoms with Gasteiger partial charge in [-0.25, -0.2) is 19.6 Å². The Labute approximate surface area is 358 Å². The van der Waals surface area contributed by atoms with Crippen LogP contribution in [0.4, 0.5) is 9.59 Å². The van der Waals surface area contributed by atoms with Crippen molar-refractivity contribution in [1.82, 2.24) is 40.4 Å². The van der Waals surface area contributed by atoms with Gasteiger partial charge in [0.1, 0.15) is 36.1 Å². The van der Waals surface area contributed by atoms with Crippen molar-refractivity contribution in [2.45, 2.75) is 83.8 Å². The highest BCUT2D eigenvalue weighted by Gasteiger charge is 2.42. The Morgan fingerprint density at radius 3 is 2.47 bits per heavy atom. The lowest BCUT2D eigenvalue weighted by Crippen LogP contribution is -2.52. The van der Waals surface area contributed by atoms with Crippen LogP contribution in [0.5, 0.6) is 5.75 Å². The van der Waals surface area contributed by atoms with Crippen molar-refractivity contribution in [3.8, 4) is 28.1 Å². The number of imidazole rings is 2. The number of carboxylic acid groups (broad SMARTS) is 1. The molecule has 5 heterocycles. The summed E-state index contributed by atoms with van der Waals surface area (Å²) in [5.74, 6) is 1.63. The van der Waals surface area contributed by atoms with Crippen molar-refractivity contribution in [2.24, 2.45) is 11.8 Å². The number of aromatic amines is 2. The number of methoxy groups -OCH3 is 1. The Bertz CT molecular complexity index is 2710. The molecular formula is C47H50N8O7. The van der Waals surface area contributed by atoms with Crippen LogP contribution in [0.15, 0.2) is 79.0 Å². The number of likely N-dealkylation sites (tertiary alicyclic amines) is 2. The number of H-pyrrole nitrogens is 2. The molecule has 4 aromatic carbocycles. The molecule has 0 bridgehead atoms. The average molecular weight is 839 g/mol. The molecule has 3 aliphatic rings. The molecular weight excluding hydrogens is 789 g/mol. The van der Waals surface area contributed by atoms with Crippen molar-refractivity contribution in [3.63, 3.8) is 0 Å². The van der Waals surface area contributed by atoms with Gasteiger partial charge in [-0.05, 0) is 89.9 Å². The van der Waals surface area contributed by atoms with Crippen LogP contribution in [0.3, 0.4) is 0 Å². The summed E-state index contributed by atoms with van der Waals surface area (Å²) in [7, 11) is 1.28. The number of benzene rings is 4. The van der Waals surface area contributed by atoms with Gasteiger partial charge in [-0.2, -0.15) is 0 Å². The van der Waals surface area contributed by atoms with Crippen LogP contribution in [-0.2, 0) is 20.9 Å². The second kappa shape index (κ2) is 16.2. The molecule has 2 saturated heterocycles. The number of amides is 4. The van der Waals surface area contributed by atoms with E-state index in [4.69, 9.17) is 19.4 Å². The molecule has 0 spiro atoms. The summed E-state index contributed by atoms with van der Waals surface area (Å²) in [6.07, 6.45) is 2.11. The zero-order valence-electron chi connectivity index (χ0n) is 35.3. The Balaban J connectivity index is 0.971. The van der Waals surface area contributed by atoms with Gasteiger partial charge in [-0.3, -0.25) is 9.59 Å². The highest BCUT2D eigenvalue weighted by Crippen LogP contribution is 2.44. The smallest absolute Gasteiger partial charge is 0.407 e. The van der Waals surface area contributed by atoms with Crippen LogP contribution in [0.2, 0.25) is 0 Å². The lowest BCUT2D eigenvalue weighted by molar-refractivity contribution is -0.137. The van der Waals surface area contributed by atoms with Gasteiger partial charge >= 0.3 is 12.2 Å². The molecule has 3 aliphatic heterocycles. The molecule has 62 heavy (non-hydrogen) atoms. The average Bonchev–Trinajstić information content (AvgIpc) is 4.09. The van der Waals surface area contributed by atoms with E-state index in [0.29, 0.717) is 36.8 Å². The van der Waals surface area contributed by atoms with Gasteiger partial charge in [0.25, 0.3) is 5.91 Å². The summed E-state index contributed by atoms with van der Waals surface area (Å²) in [5, 5.41) is 16.5. The third kappa shape index (κ3) is 7.34. The van der Waals surface area contributed by atoms with E-state index in [9.17, 15) is 24.3 Å². The first kappa shape index (κ1) is 40.5.